The highest BCUT2D eigenvalue weighted by molar-refractivity contribution is 7.92. The highest BCUT2D eigenvalue weighted by atomic mass is 32.2. The van der Waals surface area contributed by atoms with Crippen molar-refractivity contribution >= 4 is 21.6 Å². The molecule has 27 heavy (non-hydrogen) atoms. The highest BCUT2D eigenvalue weighted by Gasteiger charge is 2.24. The van der Waals surface area contributed by atoms with Crippen LogP contribution in [0.2, 0.25) is 0 Å². The Kier molecular flexibility index (Phi) is 6.31. The number of nitrogens with zero attached hydrogens (tertiary/aromatic N) is 1. The molecule has 2 aromatic carbocycles. The number of rotatable bonds is 7. The van der Waals surface area contributed by atoms with Crippen LogP contribution in [-0.2, 0) is 10.0 Å². The van der Waals surface area contributed by atoms with E-state index in [-0.39, 0.29) is 16.3 Å². The number of amides is 1. The van der Waals surface area contributed by atoms with E-state index in [0.717, 1.165) is 18.4 Å². The van der Waals surface area contributed by atoms with E-state index in [1.54, 1.807) is 24.3 Å². The molecule has 0 saturated heterocycles. The Hall–Kier alpha value is -2.34. The molecule has 0 aliphatic rings. The molecule has 2 rings (SSSR count). The molecule has 0 saturated carbocycles. The van der Waals surface area contributed by atoms with Gasteiger partial charge in [0.05, 0.1) is 10.6 Å². The number of nitrogens with one attached hydrogen (secondary N) is 1. The summed E-state index contributed by atoms with van der Waals surface area (Å²) in [7, 11) is -2.25. The van der Waals surface area contributed by atoms with Gasteiger partial charge in [0, 0.05) is 18.2 Å². The molecule has 1 amide bonds. The van der Waals surface area contributed by atoms with Gasteiger partial charge in [-0.1, -0.05) is 37.1 Å². The molecule has 5 nitrogen and oxygen atoms in total. The zero-order valence-electron chi connectivity index (χ0n) is 16.6. The molecule has 1 N–H and O–H groups in total. The lowest BCUT2D eigenvalue weighted by atomic mass is 9.98. The average molecular weight is 389 g/mol. The number of hydrogen-bond acceptors (Lipinski definition) is 3. The van der Waals surface area contributed by atoms with Crippen LogP contribution >= 0.6 is 0 Å². The number of anilines is 1. The minimum absolute atomic E-state index is 0.0894. The Labute approximate surface area is 162 Å². The molecule has 0 radical (unpaired) electrons. The minimum atomic E-state index is -3.76. The first-order chi connectivity index (χ1) is 12.6. The van der Waals surface area contributed by atoms with Gasteiger partial charge in [0.2, 0.25) is 0 Å². The first-order valence-electron chi connectivity index (χ1n) is 9.05. The molecule has 0 aliphatic heterocycles. The molecule has 0 heterocycles. The molecule has 0 spiro atoms. The summed E-state index contributed by atoms with van der Waals surface area (Å²) in [5, 5.41) is 2.97. The Bertz CT molecular complexity index is 903. The van der Waals surface area contributed by atoms with Crippen molar-refractivity contribution in [3.05, 3.63) is 59.7 Å². The van der Waals surface area contributed by atoms with Gasteiger partial charge in [-0.05, 0) is 57.5 Å². The van der Waals surface area contributed by atoms with Gasteiger partial charge in [-0.15, -0.1) is 0 Å². The first kappa shape index (κ1) is 21.0. The van der Waals surface area contributed by atoms with Crippen molar-refractivity contribution in [3.8, 4) is 0 Å². The lowest BCUT2D eigenvalue weighted by Crippen LogP contribution is -2.43. The van der Waals surface area contributed by atoms with Crippen molar-refractivity contribution < 1.29 is 13.2 Å². The van der Waals surface area contributed by atoms with Gasteiger partial charge in [-0.25, -0.2) is 8.42 Å². The van der Waals surface area contributed by atoms with Crippen LogP contribution in [0.3, 0.4) is 0 Å². The normalized spacial score (nSPS) is 11.9. The van der Waals surface area contributed by atoms with Gasteiger partial charge in [0.15, 0.2) is 0 Å². The van der Waals surface area contributed by atoms with E-state index in [2.05, 4.69) is 12.2 Å². The van der Waals surface area contributed by atoms with Gasteiger partial charge in [-0.3, -0.25) is 9.10 Å². The van der Waals surface area contributed by atoms with Crippen LogP contribution in [-0.4, -0.2) is 26.9 Å². The maximum atomic E-state index is 13.0. The third kappa shape index (κ3) is 5.10. The van der Waals surface area contributed by atoms with Gasteiger partial charge < -0.3 is 5.32 Å². The number of carbonyl (C=O) groups excluding carboxylic acids is 1. The second kappa shape index (κ2) is 8.13. The Morgan fingerprint density at radius 1 is 1.11 bits per heavy atom. The zero-order valence-corrected chi connectivity index (χ0v) is 17.4. The molecular formula is C21H28N2O3S. The predicted octanol–water partition coefficient (Wildman–Crippen LogP) is 4.13. The largest absolute Gasteiger partial charge is 0.347 e. The van der Waals surface area contributed by atoms with Crippen molar-refractivity contribution in [2.45, 2.75) is 51.0 Å². The van der Waals surface area contributed by atoms with Gasteiger partial charge in [0.1, 0.15) is 0 Å². The van der Waals surface area contributed by atoms with E-state index in [4.69, 9.17) is 0 Å². The predicted molar refractivity (Wildman–Crippen MR) is 110 cm³/mol. The first-order valence-corrected chi connectivity index (χ1v) is 10.5. The number of sulfonamides is 1. The third-order valence-electron chi connectivity index (χ3n) is 4.48. The second-order valence-electron chi connectivity index (χ2n) is 7.42. The molecule has 6 heteroatoms. The molecule has 146 valence electrons. The molecule has 0 fully saturated rings. The van der Waals surface area contributed by atoms with E-state index in [0.29, 0.717) is 11.3 Å². The van der Waals surface area contributed by atoms with Crippen molar-refractivity contribution in [1.29, 1.82) is 0 Å². The van der Waals surface area contributed by atoms with Crippen molar-refractivity contribution in [2.75, 3.05) is 11.4 Å². The van der Waals surface area contributed by atoms with E-state index in [1.165, 1.54) is 23.5 Å². The molecule has 0 atom stereocenters. The Morgan fingerprint density at radius 2 is 1.74 bits per heavy atom. The van der Waals surface area contributed by atoms with Crippen LogP contribution in [0.5, 0.6) is 0 Å². The van der Waals surface area contributed by atoms with E-state index in [1.807, 2.05) is 32.9 Å². The lowest BCUT2D eigenvalue weighted by Gasteiger charge is -2.26. The summed E-state index contributed by atoms with van der Waals surface area (Å²) in [6, 6.07) is 13.4. The van der Waals surface area contributed by atoms with Crippen molar-refractivity contribution in [3.63, 3.8) is 0 Å². The number of hydrogen-bond donors (Lipinski definition) is 1. The van der Waals surface area contributed by atoms with Gasteiger partial charge in [0.25, 0.3) is 15.9 Å². The Balaban J connectivity index is 2.30. The number of benzene rings is 2. The summed E-state index contributed by atoms with van der Waals surface area (Å²) in [6.07, 6.45) is 1.79. The van der Waals surface area contributed by atoms with Crippen molar-refractivity contribution in [2.24, 2.45) is 0 Å². The summed E-state index contributed by atoms with van der Waals surface area (Å²) < 4.78 is 27.2. The maximum Gasteiger partial charge on any atom is 0.264 e. The van der Waals surface area contributed by atoms with Crippen LogP contribution < -0.4 is 9.62 Å². The summed E-state index contributed by atoms with van der Waals surface area (Å²) in [6.45, 7) is 7.92. The van der Waals surface area contributed by atoms with Crippen LogP contribution in [0.1, 0.15) is 49.5 Å². The summed E-state index contributed by atoms with van der Waals surface area (Å²) in [5.41, 5.74) is 1.61. The molecule has 2 aromatic rings. The quantitative estimate of drug-likeness (QED) is 0.775. The molecule has 0 aliphatic carbocycles. The van der Waals surface area contributed by atoms with E-state index >= 15 is 0 Å². The van der Waals surface area contributed by atoms with E-state index in [9.17, 15) is 13.2 Å². The molecular weight excluding hydrogens is 360 g/mol. The van der Waals surface area contributed by atoms with Crippen LogP contribution in [0.25, 0.3) is 0 Å². The summed E-state index contributed by atoms with van der Waals surface area (Å²) in [5.74, 6) is -0.275. The highest BCUT2D eigenvalue weighted by Crippen LogP contribution is 2.23. The second-order valence-corrected chi connectivity index (χ2v) is 9.39. The third-order valence-corrected chi connectivity index (χ3v) is 6.26. The fraction of sp³-hybridized carbons (Fsp3) is 0.381. The summed E-state index contributed by atoms with van der Waals surface area (Å²) >= 11 is 0. The molecule has 0 aromatic heterocycles. The fourth-order valence-electron chi connectivity index (χ4n) is 2.92. The fourth-order valence-corrected chi connectivity index (χ4v) is 4.16. The van der Waals surface area contributed by atoms with Crippen LogP contribution in [0.15, 0.2) is 53.4 Å². The molecule has 0 bridgehead atoms. The SMILES string of the molecule is CCCC(C)(C)NC(=O)c1cccc(S(=O)(=O)N(C)c2ccc(C)cc2)c1. The minimum Gasteiger partial charge on any atom is -0.347 e. The lowest BCUT2D eigenvalue weighted by molar-refractivity contribution is 0.0909. The topological polar surface area (TPSA) is 66.5 Å². The van der Waals surface area contributed by atoms with Gasteiger partial charge >= 0.3 is 0 Å². The number of aryl methyl sites for hydroxylation is 1. The van der Waals surface area contributed by atoms with E-state index < -0.39 is 10.0 Å². The number of carbonyl (C=O) groups is 1. The standard InChI is InChI=1S/C21H28N2O3S/c1-6-14-21(3,4)22-20(24)17-8-7-9-19(15-17)27(25,26)23(5)18-12-10-16(2)11-13-18/h7-13,15H,6,14H2,1-5H3,(H,22,24). The van der Waals surface area contributed by atoms with Crippen LogP contribution in [0, 0.1) is 6.92 Å². The van der Waals surface area contributed by atoms with Crippen LogP contribution in [0.4, 0.5) is 5.69 Å². The smallest absolute Gasteiger partial charge is 0.264 e. The van der Waals surface area contributed by atoms with Crippen molar-refractivity contribution in [1.82, 2.24) is 5.32 Å². The zero-order chi connectivity index (χ0) is 20.2. The summed E-state index contributed by atoms with van der Waals surface area (Å²) in [4.78, 5) is 12.7. The van der Waals surface area contributed by atoms with Gasteiger partial charge in [-0.2, -0.15) is 0 Å². The average Bonchev–Trinajstić information content (AvgIpc) is 2.61. The Morgan fingerprint density at radius 3 is 2.33 bits per heavy atom. The maximum absolute atomic E-state index is 13.0. The monoisotopic (exact) mass is 388 g/mol. The molecule has 0 unspecified atom stereocenters.